The van der Waals surface area contributed by atoms with Gasteiger partial charge in [0.15, 0.2) is 0 Å². The molecule has 2 rings (SSSR count). The maximum absolute atomic E-state index is 11.8. The van der Waals surface area contributed by atoms with Crippen LogP contribution in [-0.4, -0.2) is 47.8 Å². The van der Waals surface area contributed by atoms with Crippen LogP contribution in [0.25, 0.3) is 0 Å². The number of nitrogens with zero attached hydrogens (tertiary/aromatic N) is 1. The van der Waals surface area contributed by atoms with Crippen LogP contribution in [0, 0.1) is 5.92 Å². The van der Waals surface area contributed by atoms with Crippen molar-refractivity contribution in [2.24, 2.45) is 5.92 Å². The van der Waals surface area contributed by atoms with Crippen LogP contribution < -0.4 is 0 Å². The fourth-order valence-electron chi connectivity index (χ4n) is 3.31. The van der Waals surface area contributed by atoms with E-state index in [0.717, 1.165) is 45.4 Å². The highest BCUT2D eigenvalue weighted by molar-refractivity contribution is 5.79. The molecule has 2 unspecified atom stereocenters. The molecule has 0 aromatic carbocycles. The SMILES string of the molecule is CC1CCCC(C(=O)O)(N2CCCOCC2)C1. The zero-order valence-corrected chi connectivity index (χ0v) is 10.7. The molecule has 98 valence electrons. The van der Waals surface area contributed by atoms with Crippen molar-refractivity contribution < 1.29 is 14.6 Å². The van der Waals surface area contributed by atoms with Crippen molar-refractivity contribution in [2.75, 3.05) is 26.3 Å². The van der Waals surface area contributed by atoms with Gasteiger partial charge in [-0.3, -0.25) is 9.69 Å². The van der Waals surface area contributed by atoms with E-state index in [2.05, 4.69) is 11.8 Å². The largest absolute Gasteiger partial charge is 0.480 e. The Labute approximate surface area is 103 Å². The smallest absolute Gasteiger partial charge is 0.324 e. The van der Waals surface area contributed by atoms with Crippen molar-refractivity contribution in [1.82, 2.24) is 4.90 Å². The van der Waals surface area contributed by atoms with Crippen LogP contribution in [0.1, 0.15) is 39.0 Å². The highest BCUT2D eigenvalue weighted by Gasteiger charge is 2.46. The standard InChI is InChI=1S/C13H23NO3/c1-11-4-2-5-13(10-11,12(15)16)14-6-3-8-17-9-7-14/h11H,2-10H2,1H3,(H,15,16). The first-order valence-electron chi connectivity index (χ1n) is 6.71. The van der Waals surface area contributed by atoms with Crippen LogP contribution in [-0.2, 0) is 9.53 Å². The predicted molar refractivity (Wildman–Crippen MR) is 65.0 cm³/mol. The van der Waals surface area contributed by atoms with E-state index in [-0.39, 0.29) is 0 Å². The number of hydrogen-bond donors (Lipinski definition) is 1. The first-order chi connectivity index (χ1) is 8.15. The summed E-state index contributed by atoms with van der Waals surface area (Å²) in [6, 6.07) is 0. The molecule has 1 aliphatic carbocycles. The average molecular weight is 241 g/mol. The fraction of sp³-hybridized carbons (Fsp3) is 0.923. The average Bonchev–Trinajstić information content (AvgIpc) is 2.57. The summed E-state index contributed by atoms with van der Waals surface area (Å²) in [5.41, 5.74) is -0.620. The van der Waals surface area contributed by atoms with Crippen molar-refractivity contribution in [2.45, 2.75) is 44.6 Å². The third-order valence-electron chi connectivity index (χ3n) is 4.20. The zero-order chi connectivity index (χ0) is 12.3. The lowest BCUT2D eigenvalue weighted by Gasteiger charge is -2.44. The van der Waals surface area contributed by atoms with E-state index < -0.39 is 11.5 Å². The molecule has 1 N–H and O–H groups in total. The molecule has 1 aliphatic heterocycles. The zero-order valence-electron chi connectivity index (χ0n) is 10.7. The van der Waals surface area contributed by atoms with E-state index in [0.29, 0.717) is 12.5 Å². The van der Waals surface area contributed by atoms with Gasteiger partial charge in [-0.15, -0.1) is 0 Å². The third-order valence-corrected chi connectivity index (χ3v) is 4.20. The van der Waals surface area contributed by atoms with Crippen LogP contribution >= 0.6 is 0 Å². The minimum Gasteiger partial charge on any atom is -0.480 e. The topological polar surface area (TPSA) is 49.8 Å². The van der Waals surface area contributed by atoms with Gasteiger partial charge in [-0.25, -0.2) is 0 Å². The molecular formula is C13H23NO3. The van der Waals surface area contributed by atoms with Gasteiger partial charge in [0.2, 0.25) is 0 Å². The quantitative estimate of drug-likeness (QED) is 0.800. The number of ether oxygens (including phenoxy) is 1. The summed E-state index contributed by atoms with van der Waals surface area (Å²) in [7, 11) is 0. The molecule has 0 spiro atoms. The number of aliphatic carboxylic acids is 1. The normalized spacial score (nSPS) is 36.4. The van der Waals surface area contributed by atoms with Crippen molar-refractivity contribution in [3.05, 3.63) is 0 Å². The Hall–Kier alpha value is -0.610. The Bertz CT molecular complexity index is 274. The first-order valence-corrected chi connectivity index (χ1v) is 6.71. The maximum Gasteiger partial charge on any atom is 0.324 e. The molecule has 2 atom stereocenters. The van der Waals surface area contributed by atoms with Gasteiger partial charge in [-0.05, 0) is 25.2 Å². The Balaban J connectivity index is 2.16. The molecule has 0 aromatic heterocycles. The highest BCUT2D eigenvalue weighted by Crippen LogP contribution is 2.37. The molecule has 2 aliphatic rings. The van der Waals surface area contributed by atoms with Gasteiger partial charge in [0, 0.05) is 19.7 Å². The second kappa shape index (κ2) is 5.36. The van der Waals surface area contributed by atoms with Crippen LogP contribution in [0.15, 0.2) is 0 Å². The van der Waals surface area contributed by atoms with Crippen molar-refractivity contribution in [3.8, 4) is 0 Å². The summed E-state index contributed by atoms with van der Waals surface area (Å²) < 4.78 is 5.43. The van der Waals surface area contributed by atoms with E-state index in [1.165, 1.54) is 6.42 Å². The number of carboxylic acid groups (broad SMARTS) is 1. The van der Waals surface area contributed by atoms with Crippen LogP contribution in [0.2, 0.25) is 0 Å². The minimum atomic E-state index is -0.633. The summed E-state index contributed by atoms with van der Waals surface area (Å²) in [6.45, 7) is 5.23. The van der Waals surface area contributed by atoms with Gasteiger partial charge in [0.1, 0.15) is 5.54 Å². The Morgan fingerprint density at radius 3 is 2.88 bits per heavy atom. The van der Waals surface area contributed by atoms with Gasteiger partial charge < -0.3 is 9.84 Å². The van der Waals surface area contributed by atoms with Crippen molar-refractivity contribution in [3.63, 3.8) is 0 Å². The summed E-state index contributed by atoms with van der Waals surface area (Å²) in [6.07, 6.45) is 4.74. The molecule has 0 amide bonds. The number of hydrogen-bond acceptors (Lipinski definition) is 3. The molecule has 17 heavy (non-hydrogen) atoms. The van der Waals surface area contributed by atoms with Gasteiger partial charge in [-0.1, -0.05) is 19.8 Å². The number of rotatable bonds is 2. The first kappa shape index (κ1) is 12.8. The lowest BCUT2D eigenvalue weighted by molar-refractivity contribution is -0.155. The fourth-order valence-corrected chi connectivity index (χ4v) is 3.31. The summed E-state index contributed by atoms with van der Waals surface area (Å²) >= 11 is 0. The lowest BCUT2D eigenvalue weighted by atomic mass is 9.75. The number of carboxylic acids is 1. The van der Waals surface area contributed by atoms with Crippen LogP contribution in [0.5, 0.6) is 0 Å². The third kappa shape index (κ3) is 2.63. The van der Waals surface area contributed by atoms with Crippen molar-refractivity contribution >= 4 is 5.97 Å². The second-order valence-electron chi connectivity index (χ2n) is 5.49. The molecule has 0 aromatic rings. The molecule has 1 heterocycles. The molecule has 0 bridgehead atoms. The highest BCUT2D eigenvalue weighted by atomic mass is 16.5. The Morgan fingerprint density at radius 2 is 2.18 bits per heavy atom. The van der Waals surface area contributed by atoms with E-state index >= 15 is 0 Å². The maximum atomic E-state index is 11.8. The van der Waals surface area contributed by atoms with Crippen LogP contribution in [0.4, 0.5) is 0 Å². The lowest BCUT2D eigenvalue weighted by Crippen LogP contribution is -2.57. The van der Waals surface area contributed by atoms with E-state index in [9.17, 15) is 9.90 Å². The monoisotopic (exact) mass is 241 g/mol. The van der Waals surface area contributed by atoms with E-state index in [4.69, 9.17) is 4.74 Å². The van der Waals surface area contributed by atoms with Gasteiger partial charge in [0.25, 0.3) is 0 Å². The molecular weight excluding hydrogens is 218 g/mol. The van der Waals surface area contributed by atoms with Crippen molar-refractivity contribution in [1.29, 1.82) is 0 Å². The van der Waals surface area contributed by atoms with Crippen LogP contribution in [0.3, 0.4) is 0 Å². The van der Waals surface area contributed by atoms with E-state index in [1.807, 2.05) is 0 Å². The van der Waals surface area contributed by atoms with Gasteiger partial charge in [0.05, 0.1) is 6.61 Å². The molecule has 1 saturated heterocycles. The Morgan fingerprint density at radius 1 is 1.35 bits per heavy atom. The summed E-state index contributed by atoms with van der Waals surface area (Å²) in [5, 5.41) is 9.67. The molecule has 4 nitrogen and oxygen atoms in total. The minimum absolute atomic E-state index is 0.518. The van der Waals surface area contributed by atoms with E-state index in [1.54, 1.807) is 0 Å². The van der Waals surface area contributed by atoms with Gasteiger partial charge in [-0.2, -0.15) is 0 Å². The molecule has 2 fully saturated rings. The molecule has 1 saturated carbocycles. The number of carbonyl (C=O) groups is 1. The second-order valence-corrected chi connectivity index (χ2v) is 5.49. The Kier molecular flexibility index (Phi) is 4.05. The molecule has 0 radical (unpaired) electrons. The summed E-state index contributed by atoms with van der Waals surface area (Å²) in [4.78, 5) is 13.9. The summed E-state index contributed by atoms with van der Waals surface area (Å²) in [5.74, 6) is -0.116. The predicted octanol–water partition coefficient (Wildman–Crippen LogP) is 1.74. The molecule has 4 heteroatoms. The van der Waals surface area contributed by atoms with Gasteiger partial charge >= 0.3 is 5.97 Å².